The molecule has 4 heteroatoms. The van der Waals surface area contributed by atoms with Crippen LogP contribution in [0.25, 0.3) is 17.0 Å². The minimum absolute atomic E-state index is 0.0173. The van der Waals surface area contributed by atoms with Gasteiger partial charge in [0, 0.05) is 30.3 Å². The summed E-state index contributed by atoms with van der Waals surface area (Å²) in [4.78, 5) is 16.3. The Morgan fingerprint density at radius 1 is 1.32 bits per heavy atom. The number of hydrogen-bond acceptors (Lipinski definition) is 3. The molecule has 1 amide bonds. The van der Waals surface area contributed by atoms with Crippen molar-refractivity contribution in [1.29, 1.82) is 0 Å². The van der Waals surface area contributed by atoms with Crippen LogP contribution >= 0.6 is 0 Å². The topological polar surface area (TPSA) is 62.2 Å². The molecule has 0 saturated carbocycles. The van der Waals surface area contributed by atoms with Crippen molar-refractivity contribution in [3.8, 4) is 0 Å². The Kier molecular flexibility index (Phi) is 5.67. The van der Waals surface area contributed by atoms with Crippen LogP contribution in [0.5, 0.6) is 0 Å². The molecule has 2 aromatic rings. The van der Waals surface area contributed by atoms with Crippen LogP contribution < -0.4 is 5.32 Å². The van der Waals surface area contributed by atoms with Crippen LogP contribution in [0, 0.1) is 5.92 Å². The number of pyridine rings is 1. The smallest absolute Gasteiger partial charge is 0.244 e. The van der Waals surface area contributed by atoms with Crippen molar-refractivity contribution in [2.45, 2.75) is 26.3 Å². The number of nitrogens with zero attached hydrogens (tertiary/aromatic N) is 1. The molecule has 4 nitrogen and oxygen atoms in total. The molecule has 1 aromatic heterocycles. The quantitative estimate of drug-likeness (QED) is 0.806. The highest BCUT2D eigenvalue weighted by atomic mass is 16.3. The molecule has 0 aliphatic heterocycles. The molecular formula is C18H22N2O2. The Labute approximate surface area is 130 Å². The fourth-order valence-corrected chi connectivity index (χ4v) is 2.37. The highest BCUT2D eigenvalue weighted by Crippen LogP contribution is 2.17. The molecule has 1 aromatic carbocycles. The molecule has 0 fully saturated rings. The van der Waals surface area contributed by atoms with Crippen LogP contribution in [0.15, 0.2) is 42.6 Å². The van der Waals surface area contributed by atoms with Crippen LogP contribution in [0.4, 0.5) is 0 Å². The van der Waals surface area contributed by atoms with Gasteiger partial charge in [0.05, 0.1) is 5.52 Å². The van der Waals surface area contributed by atoms with Crippen LogP contribution in [0.2, 0.25) is 0 Å². The third kappa shape index (κ3) is 4.15. The fourth-order valence-electron chi connectivity index (χ4n) is 2.37. The van der Waals surface area contributed by atoms with Crippen molar-refractivity contribution < 1.29 is 9.90 Å². The van der Waals surface area contributed by atoms with Crippen LogP contribution in [0.1, 0.15) is 25.8 Å². The maximum absolute atomic E-state index is 12.0. The molecule has 0 radical (unpaired) electrons. The first-order valence-corrected chi connectivity index (χ1v) is 7.55. The van der Waals surface area contributed by atoms with Gasteiger partial charge >= 0.3 is 0 Å². The molecule has 1 atom stereocenters. The van der Waals surface area contributed by atoms with E-state index in [0.717, 1.165) is 16.5 Å². The van der Waals surface area contributed by atoms with E-state index < -0.39 is 0 Å². The number of aromatic nitrogens is 1. The number of nitrogens with one attached hydrogen (secondary N) is 1. The molecule has 0 aliphatic rings. The fraction of sp³-hybridized carbons (Fsp3) is 0.333. The van der Waals surface area contributed by atoms with E-state index in [2.05, 4.69) is 10.3 Å². The zero-order valence-corrected chi connectivity index (χ0v) is 13.0. The Morgan fingerprint density at radius 2 is 2.09 bits per heavy atom. The van der Waals surface area contributed by atoms with Crippen LogP contribution in [-0.4, -0.2) is 28.6 Å². The van der Waals surface area contributed by atoms with Gasteiger partial charge in [-0.05, 0) is 36.1 Å². The lowest BCUT2D eigenvalue weighted by molar-refractivity contribution is -0.117. The number of carbonyl (C=O) groups excluding carboxylic acids is 1. The second-order valence-electron chi connectivity index (χ2n) is 5.62. The van der Waals surface area contributed by atoms with Gasteiger partial charge in [-0.1, -0.05) is 32.0 Å². The zero-order chi connectivity index (χ0) is 15.9. The van der Waals surface area contributed by atoms with E-state index in [1.54, 1.807) is 12.3 Å². The number of aliphatic hydroxyl groups excluding tert-OH is 1. The van der Waals surface area contributed by atoms with Crippen LogP contribution in [0.3, 0.4) is 0 Å². The Bertz CT molecular complexity index is 660. The van der Waals surface area contributed by atoms with Crippen LogP contribution in [-0.2, 0) is 4.79 Å². The second kappa shape index (κ2) is 7.71. The van der Waals surface area contributed by atoms with E-state index in [9.17, 15) is 4.79 Å². The predicted molar refractivity (Wildman–Crippen MR) is 89.2 cm³/mol. The van der Waals surface area contributed by atoms with E-state index in [4.69, 9.17) is 5.11 Å². The molecule has 1 unspecified atom stereocenters. The number of aliphatic hydroxyl groups is 1. The zero-order valence-electron chi connectivity index (χ0n) is 13.0. The van der Waals surface area contributed by atoms with Crippen molar-refractivity contribution in [1.82, 2.24) is 10.3 Å². The van der Waals surface area contributed by atoms with Gasteiger partial charge in [0.25, 0.3) is 0 Å². The average Bonchev–Trinajstić information content (AvgIpc) is 2.52. The molecule has 0 aliphatic carbocycles. The third-order valence-corrected chi connectivity index (χ3v) is 3.67. The van der Waals surface area contributed by atoms with Crippen molar-refractivity contribution >= 4 is 22.9 Å². The lowest BCUT2D eigenvalue weighted by atomic mass is 10.0. The van der Waals surface area contributed by atoms with E-state index in [-0.39, 0.29) is 24.5 Å². The highest BCUT2D eigenvalue weighted by molar-refractivity contribution is 5.95. The van der Waals surface area contributed by atoms with Gasteiger partial charge in [-0.25, -0.2) is 0 Å². The second-order valence-corrected chi connectivity index (χ2v) is 5.62. The molecule has 22 heavy (non-hydrogen) atoms. The Morgan fingerprint density at radius 3 is 2.82 bits per heavy atom. The van der Waals surface area contributed by atoms with Gasteiger partial charge in [-0.2, -0.15) is 0 Å². The maximum Gasteiger partial charge on any atom is 0.244 e. The first kappa shape index (κ1) is 16.2. The number of carbonyl (C=O) groups is 1. The first-order chi connectivity index (χ1) is 10.6. The minimum Gasteiger partial charge on any atom is -0.396 e. The number of para-hydroxylation sites is 1. The summed E-state index contributed by atoms with van der Waals surface area (Å²) in [5, 5.41) is 13.0. The number of benzene rings is 1. The van der Waals surface area contributed by atoms with Crippen molar-refractivity contribution in [3.05, 3.63) is 48.2 Å². The summed E-state index contributed by atoms with van der Waals surface area (Å²) in [6.07, 6.45) is 5.64. The summed E-state index contributed by atoms with van der Waals surface area (Å²) in [6, 6.07) is 9.71. The lowest BCUT2D eigenvalue weighted by Gasteiger charge is -2.20. The summed E-state index contributed by atoms with van der Waals surface area (Å²) in [6.45, 7) is 4.13. The van der Waals surface area contributed by atoms with E-state index in [0.29, 0.717) is 6.42 Å². The summed E-state index contributed by atoms with van der Waals surface area (Å²) in [5.41, 5.74) is 1.87. The van der Waals surface area contributed by atoms with Crippen molar-refractivity contribution in [3.63, 3.8) is 0 Å². The van der Waals surface area contributed by atoms with Gasteiger partial charge in [-0.3, -0.25) is 9.78 Å². The van der Waals surface area contributed by atoms with E-state index in [1.165, 1.54) is 6.08 Å². The summed E-state index contributed by atoms with van der Waals surface area (Å²) in [7, 11) is 0. The van der Waals surface area contributed by atoms with Gasteiger partial charge in [0.2, 0.25) is 5.91 Å². The average molecular weight is 298 g/mol. The first-order valence-electron chi connectivity index (χ1n) is 7.55. The predicted octanol–water partition coefficient (Wildman–Crippen LogP) is 2.77. The van der Waals surface area contributed by atoms with Gasteiger partial charge in [0.1, 0.15) is 0 Å². The monoisotopic (exact) mass is 298 g/mol. The lowest BCUT2D eigenvalue weighted by Crippen LogP contribution is -2.38. The van der Waals surface area contributed by atoms with Gasteiger partial charge in [-0.15, -0.1) is 0 Å². The molecular weight excluding hydrogens is 276 g/mol. The molecule has 2 N–H and O–H groups in total. The van der Waals surface area contributed by atoms with E-state index >= 15 is 0 Å². The molecule has 0 saturated heterocycles. The summed E-state index contributed by atoms with van der Waals surface area (Å²) in [5.74, 6) is 0.138. The van der Waals surface area contributed by atoms with Crippen molar-refractivity contribution in [2.75, 3.05) is 6.61 Å². The van der Waals surface area contributed by atoms with E-state index in [1.807, 2.05) is 44.2 Å². The summed E-state index contributed by atoms with van der Waals surface area (Å²) < 4.78 is 0. The highest BCUT2D eigenvalue weighted by Gasteiger charge is 2.14. The van der Waals surface area contributed by atoms with Gasteiger partial charge < -0.3 is 10.4 Å². The Balaban J connectivity index is 2.11. The Hall–Kier alpha value is -2.20. The van der Waals surface area contributed by atoms with Crippen molar-refractivity contribution in [2.24, 2.45) is 5.92 Å². The third-order valence-electron chi connectivity index (χ3n) is 3.67. The van der Waals surface area contributed by atoms with Gasteiger partial charge in [0.15, 0.2) is 0 Å². The maximum atomic E-state index is 12.0. The molecule has 0 spiro atoms. The normalized spacial score (nSPS) is 12.9. The molecule has 2 rings (SSSR count). The number of hydrogen-bond donors (Lipinski definition) is 2. The number of rotatable bonds is 6. The number of fused-ring (bicyclic) bond motifs is 1. The molecule has 116 valence electrons. The summed E-state index contributed by atoms with van der Waals surface area (Å²) >= 11 is 0. The SMILES string of the molecule is CC(C)C(CCO)NC(=O)/C=C/c1ccnc2ccccc12. The molecule has 1 heterocycles. The largest absolute Gasteiger partial charge is 0.396 e. The number of amides is 1. The minimum atomic E-state index is -0.145. The molecule has 0 bridgehead atoms. The standard InChI is InChI=1S/C18H22N2O2/c1-13(2)16(10-12-21)20-18(22)8-7-14-9-11-19-17-6-4-3-5-15(14)17/h3-9,11,13,16,21H,10,12H2,1-2H3,(H,20,22)/b8-7+.